The van der Waals surface area contributed by atoms with Crippen molar-refractivity contribution in [3.8, 4) is 0 Å². The Morgan fingerprint density at radius 1 is 1.44 bits per heavy atom. The van der Waals surface area contributed by atoms with E-state index in [-0.39, 0.29) is 0 Å². The highest BCUT2D eigenvalue weighted by molar-refractivity contribution is 5.23. The average Bonchev–Trinajstić information content (AvgIpc) is 2.69. The molecule has 0 nitrogen and oxygen atoms in total. The first-order valence-corrected chi connectivity index (χ1v) is 3.97. The van der Waals surface area contributed by atoms with Crippen LogP contribution in [0.15, 0.2) is 11.6 Å². The molecule has 0 radical (unpaired) electrons. The second-order valence-corrected chi connectivity index (χ2v) is 3.65. The molecule has 2 atom stereocenters. The first-order valence-electron chi connectivity index (χ1n) is 3.97. The molecule has 1 saturated carbocycles. The van der Waals surface area contributed by atoms with E-state index in [9.17, 15) is 0 Å². The van der Waals surface area contributed by atoms with Gasteiger partial charge in [-0.25, -0.2) is 0 Å². The molecule has 0 saturated heterocycles. The van der Waals surface area contributed by atoms with Crippen LogP contribution in [0, 0.1) is 17.8 Å². The second-order valence-electron chi connectivity index (χ2n) is 3.65. The van der Waals surface area contributed by atoms with Gasteiger partial charge in [0.05, 0.1) is 0 Å². The summed E-state index contributed by atoms with van der Waals surface area (Å²) in [5.41, 5.74) is 1.72. The Balaban J connectivity index is 1.82. The van der Waals surface area contributed by atoms with Crippen LogP contribution in [0.1, 0.15) is 26.7 Å². The van der Waals surface area contributed by atoms with Gasteiger partial charge in [0, 0.05) is 0 Å². The summed E-state index contributed by atoms with van der Waals surface area (Å²) in [6.45, 7) is 4.75. The molecule has 2 unspecified atom stereocenters. The number of hydrogen-bond acceptors (Lipinski definition) is 0. The van der Waals surface area contributed by atoms with E-state index in [1.165, 1.54) is 12.8 Å². The van der Waals surface area contributed by atoms with Gasteiger partial charge in [-0.15, -0.1) is 0 Å². The summed E-state index contributed by atoms with van der Waals surface area (Å²) in [4.78, 5) is 0. The fraction of sp³-hybridized carbons (Fsp3) is 0.778. The largest absolute Gasteiger partial charge is 0.0809 e. The van der Waals surface area contributed by atoms with Crippen molar-refractivity contribution >= 4 is 0 Å². The summed E-state index contributed by atoms with van der Waals surface area (Å²) in [6.07, 6.45) is 5.11. The monoisotopic (exact) mass is 122 g/mol. The maximum absolute atomic E-state index is 2.37. The van der Waals surface area contributed by atoms with Crippen molar-refractivity contribution in [2.24, 2.45) is 17.8 Å². The third-order valence-corrected chi connectivity index (χ3v) is 3.03. The predicted octanol–water partition coefficient (Wildman–Crippen LogP) is 2.61. The van der Waals surface area contributed by atoms with Crippen LogP contribution in [0.3, 0.4) is 0 Å². The van der Waals surface area contributed by atoms with Crippen molar-refractivity contribution in [2.75, 3.05) is 0 Å². The summed E-state index contributed by atoms with van der Waals surface area (Å²) in [5, 5.41) is 0. The molecule has 2 rings (SSSR count). The smallest absolute Gasteiger partial charge is 0.0136 e. The van der Waals surface area contributed by atoms with Gasteiger partial charge >= 0.3 is 0 Å². The summed E-state index contributed by atoms with van der Waals surface area (Å²) in [5.74, 6) is 3.09. The van der Waals surface area contributed by atoms with Gasteiger partial charge in [0.1, 0.15) is 0 Å². The summed E-state index contributed by atoms with van der Waals surface area (Å²) >= 11 is 0. The minimum Gasteiger partial charge on any atom is -0.0809 e. The highest BCUT2D eigenvalue weighted by Gasteiger charge is 2.43. The maximum Gasteiger partial charge on any atom is -0.0136 e. The molecule has 2 aliphatic carbocycles. The van der Waals surface area contributed by atoms with Crippen molar-refractivity contribution in [2.45, 2.75) is 26.7 Å². The van der Waals surface area contributed by atoms with Gasteiger partial charge < -0.3 is 0 Å². The highest BCUT2D eigenvalue weighted by atomic mass is 14.5. The normalized spacial score (nSPS) is 46.4. The Kier molecular flexibility index (Phi) is 0.992. The predicted molar refractivity (Wildman–Crippen MR) is 39.1 cm³/mol. The van der Waals surface area contributed by atoms with Crippen LogP contribution in [0.5, 0.6) is 0 Å². The fourth-order valence-corrected chi connectivity index (χ4v) is 1.68. The topological polar surface area (TPSA) is 0 Å². The Labute approximate surface area is 57.0 Å². The van der Waals surface area contributed by atoms with Crippen LogP contribution >= 0.6 is 0 Å². The lowest BCUT2D eigenvalue weighted by Gasteiger charge is -1.87. The maximum atomic E-state index is 2.37. The zero-order valence-corrected chi connectivity index (χ0v) is 6.22. The van der Waals surface area contributed by atoms with Gasteiger partial charge in [0.25, 0.3) is 0 Å². The molecule has 0 amide bonds. The summed E-state index contributed by atoms with van der Waals surface area (Å²) in [6, 6.07) is 0. The van der Waals surface area contributed by atoms with Gasteiger partial charge in [0.15, 0.2) is 0 Å². The molecule has 1 fully saturated rings. The molecule has 0 aromatic carbocycles. The van der Waals surface area contributed by atoms with Crippen molar-refractivity contribution < 1.29 is 0 Å². The zero-order valence-electron chi connectivity index (χ0n) is 6.22. The van der Waals surface area contributed by atoms with Crippen LogP contribution in [0.25, 0.3) is 0 Å². The van der Waals surface area contributed by atoms with E-state index in [1.807, 2.05) is 0 Å². The van der Waals surface area contributed by atoms with Crippen molar-refractivity contribution in [3.63, 3.8) is 0 Å². The third-order valence-electron chi connectivity index (χ3n) is 3.03. The molecule has 0 heteroatoms. The van der Waals surface area contributed by atoms with E-state index in [2.05, 4.69) is 19.9 Å². The first-order chi connectivity index (χ1) is 4.29. The molecule has 2 aliphatic rings. The summed E-state index contributed by atoms with van der Waals surface area (Å²) < 4.78 is 0. The number of allylic oxidation sites excluding steroid dienone is 2. The van der Waals surface area contributed by atoms with E-state index in [4.69, 9.17) is 0 Å². The molecule has 0 aromatic rings. The average molecular weight is 122 g/mol. The number of hydrogen-bond donors (Lipinski definition) is 0. The van der Waals surface area contributed by atoms with Crippen molar-refractivity contribution in [1.29, 1.82) is 0 Å². The Bertz CT molecular complexity index is 147. The standard InChI is InChI=1S/C9H14/c1-6-7(2)9(6)5-8-3-4-8/h3,6-7,9H,4-5H2,1-2H3. The summed E-state index contributed by atoms with van der Waals surface area (Å²) in [7, 11) is 0. The Morgan fingerprint density at radius 2 is 2.00 bits per heavy atom. The van der Waals surface area contributed by atoms with Crippen LogP contribution in [0.2, 0.25) is 0 Å². The molecule has 0 heterocycles. The van der Waals surface area contributed by atoms with Gasteiger partial charge in [-0.05, 0) is 30.6 Å². The second kappa shape index (κ2) is 1.62. The third kappa shape index (κ3) is 0.910. The van der Waals surface area contributed by atoms with E-state index in [0.717, 1.165) is 17.8 Å². The molecule has 0 spiro atoms. The molecule has 0 aliphatic heterocycles. The highest BCUT2D eigenvalue weighted by Crippen LogP contribution is 2.50. The number of rotatable bonds is 2. The Morgan fingerprint density at radius 3 is 2.33 bits per heavy atom. The fourth-order valence-electron chi connectivity index (χ4n) is 1.68. The van der Waals surface area contributed by atoms with E-state index in [0.29, 0.717) is 0 Å². The minimum absolute atomic E-state index is 1.02. The van der Waals surface area contributed by atoms with Gasteiger partial charge in [-0.3, -0.25) is 0 Å². The van der Waals surface area contributed by atoms with Crippen LogP contribution < -0.4 is 0 Å². The molecule has 9 heavy (non-hydrogen) atoms. The van der Waals surface area contributed by atoms with E-state index < -0.39 is 0 Å². The van der Waals surface area contributed by atoms with E-state index >= 15 is 0 Å². The molecule has 50 valence electrons. The lowest BCUT2D eigenvalue weighted by Crippen LogP contribution is -1.75. The van der Waals surface area contributed by atoms with Gasteiger partial charge in [-0.2, -0.15) is 0 Å². The molecule has 0 bridgehead atoms. The molecular formula is C9H14. The van der Waals surface area contributed by atoms with Crippen molar-refractivity contribution in [3.05, 3.63) is 11.6 Å². The van der Waals surface area contributed by atoms with Crippen LogP contribution in [-0.4, -0.2) is 0 Å². The lowest BCUT2D eigenvalue weighted by molar-refractivity contribution is 0.735. The first kappa shape index (κ1) is 5.52. The van der Waals surface area contributed by atoms with Crippen molar-refractivity contribution in [1.82, 2.24) is 0 Å². The Hall–Kier alpha value is -0.260. The minimum atomic E-state index is 1.02. The SMILES string of the molecule is CC1C(C)C1CC1=CC1. The molecule has 0 N–H and O–H groups in total. The zero-order chi connectivity index (χ0) is 6.43. The quantitative estimate of drug-likeness (QED) is 0.494. The van der Waals surface area contributed by atoms with Gasteiger partial charge in [0.2, 0.25) is 0 Å². The molecular weight excluding hydrogens is 108 g/mol. The van der Waals surface area contributed by atoms with Crippen LogP contribution in [0.4, 0.5) is 0 Å². The molecule has 0 aromatic heterocycles. The van der Waals surface area contributed by atoms with Crippen LogP contribution in [-0.2, 0) is 0 Å². The van der Waals surface area contributed by atoms with E-state index in [1.54, 1.807) is 5.57 Å². The lowest BCUT2D eigenvalue weighted by atomic mass is 10.2. The van der Waals surface area contributed by atoms with Gasteiger partial charge in [-0.1, -0.05) is 25.5 Å².